The Bertz CT molecular complexity index is 879. The van der Waals surface area contributed by atoms with E-state index in [1.807, 2.05) is 30.3 Å². The SMILES string of the molecule is COc1ccccc1-c1cc(C(=O)N2C[C@@H]3C[C@@]4(C)[C@H](CCC[C@@H]24)N3)[nH]n1. The summed E-state index contributed by atoms with van der Waals surface area (Å²) in [7, 11) is 1.65. The molecular formula is C21H26N4O2. The highest BCUT2D eigenvalue weighted by Crippen LogP contribution is 2.50. The van der Waals surface area contributed by atoms with E-state index >= 15 is 0 Å². The topological polar surface area (TPSA) is 70.2 Å². The van der Waals surface area contributed by atoms with Crippen molar-refractivity contribution in [3.63, 3.8) is 0 Å². The molecular weight excluding hydrogens is 340 g/mol. The first-order valence-electron chi connectivity index (χ1n) is 9.86. The van der Waals surface area contributed by atoms with Gasteiger partial charge in [0.05, 0.1) is 12.8 Å². The number of para-hydroxylation sites is 1. The summed E-state index contributed by atoms with van der Waals surface area (Å²) >= 11 is 0. The van der Waals surface area contributed by atoms with Crippen molar-refractivity contribution in [2.45, 2.75) is 50.7 Å². The summed E-state index contributed by atoms with van der Waals surface area (Å²) in [6.45, 7) is 3.15. The number of amides is 1. The number of carbonyl (C=O) groups excluding carboxylic acids is 1. The van der Waals surface area contributed by atoms with Crippen LogP contribution in [0.5, 0.6) is 5.75 Å². The summed E-state index contributed by atoms with van der Waals surface area (Å²) in [4.78, 5) is 15.5. The van der Waals surface area contributed by atoms with E-state index in [-0.39, 0.29) is 11.3 Å². The number of aromatic amines is 1. The number of H-pyrrole nitrogens is 1. The standard InChI is InChI=1S/C21H26N4O2/c1-21-11-13-12-25(19(21)9-5-8-18(21)22-13)20(26)16-10-15(23-24-16)14-6-3-4-7-17(14)27-2/h3-4,6-7,10,13,18-19,22H,5,8-9,11-12H2,1-2H3,(H,23,24)/t13-,18-,19+,21-/m0/s1. The van der Waals surface area contributed by atoms with Crippen molar-refractivity contribution in [1.29, 1.82) is 0 Å². The van der Waals surface area contributed by atoms with E-state index in [2.05, 4.69) is 27.3 Å². The molecule has 2 aromatic rings. The highest BCUT2D eigenvalue weighted by atomic mass is 16.5. The number of likely N-dealkylation sites (tertiary alicyclic amines) is 1. The first-order chi connectivity index (χ1) is 13.1. The lowest BCUT2D eigenvalue weighted by molar-refractivity contribution is 0.0127. The van der Waals surface area contributed by atoms with Crippen LogP contribution in [0.3, 0.4) is 0 Å². The molecule has 0 unspecified atom stereocenters. The minimum Gasteiger partial charge on any atom is -0.496 e. The summed E-state index contributed by atoms with van der Waals surface area (Å²) < 4.78 is 5.43. The van der Waals surface area contributed by atoms with Gasteiger partial charge in [-0.05, 0) is 43.9 Å². The quantitative estimate of drug-likeness (QED) is 0.876. The molecule has 3 heterocycles. The Morgan fingerprint density at radius 1 is 1.33 bits per heavy atom. The number of aromatic nitrogens is 2. The number of carbonyl (C=O) groups is 1. The maximum atomic E-state index is 13.4. The van der Waals surface area contributed by atoms with Crippen LogP contribution in [0.1, 0.15) is 43.1 Å². The number of nitrogens with zero attached hydrogens (tertiary/aromatic N) is 2. The number of hydrogen-bond acceptors (Lipinski definition) is 4. The molecule has 0 radical (unpaired) electrons. The van der Waals surface area contributed by atoms with Gasteiger partial charge >= 0.3 is 0 Å². The number of rotatable bonds is 3. The zero-order valence-electron chi connectivity index (χ0n) is 15.9. The summed E-state index contributed by atoms with van der Waals surface area (Å²) in [6.07, 6.45) is 4.69. The van der Waals surface area contributed by atoms with E-state index in [4.69, 9.17) is 4.74 Å². The van der Waals surface area contributed by atoms with E-state index in [0.29, 0.717) is 23.8 Å². The lowest BCUT2D eigenvalue weighted by atomic mass is 9.66. The monoisotopic (exact) mass is 366 g/mol. The van der Waals surface area contributed by atoms with Gasteiger partial charge in [-0.2, -0.15) is 5.10 Å². The molecule has 5 rings (SSSR count). The Morgan fingerprint density at radius 3 is 3.04 bits per heavy atom. The number of ether oxygens (including phenoxy) is 1. The van der Waals surface area contributed by atoms with E-state index in [1.54, 1.807) is 7.11 Å². The van der Waals surface area contributed by atoms with Crippen LogP contribution in [-0.2, 0) is 0 Å². The molecule has 6 nitrogen and oxygen atoms in total. The first kappa shape index (κ1) is 16.8. The van der Waals surface area contributed by atoms with Gasteiger partial charge in [0.25, 0.3) is 5.91 Å². The molecule has 0 spiro atoms. The van der Waals surface area contributed by atoms with Gasteiger partial charge in [0.2, 0.25) is 0 Å². The molecule has 3 aliphatic rings. The van der Waals surface area contributed by atoms with Gasteiger partial charge in [-0.15, -0.1) is 0 Å². The molecule has 1 aromatic carbocycles. The van der Waals surface area contributed by atoms with Gasteiger partial charge in [0.1, 0.15) is 11.4 Å². The Kier molecular flexibility index (Phi) is 3.79. The number of benzene rings is 1. The summed E-state index contributed by atoms with van der Waals surface area (Å²) in [6, 6.07) is 10.9. The average molecular weight is 366 g/mol. The Morgan fingerprint density at radius 2 is 2.19 bits per heavy atom. The zero-order valence-corrected chi connectivity index (χ0v) is 15.9. The highest BCUT2D eigenvalue weighted by Gasteiger charge is 2.56. The van der Waals surface area contributed by atoms with E-state index < -0.39 is 0 Å². The molecule has 1 amide bonds. The van der Waals surface area contributed by atoms with Crippen LogP contribution in [0.15, 0.2) is 30.3 Å². The molecule has 142 valence electrons. The fraction of sp³-hybridized carbons (Fsp3) is 0.524. The third kappa shape index (κ3) is 2.50. The minimum absolute atomic E-state index is 0.0638. The van der Waals surface area contributed by atoms with Crippen molar-refractivity contribution >= 4 is 5.91 Å². The molecule has 4 atom stereocenters. The number of methoxy groups -OCH3 is 1. The van der Waals surface area contributed by atoms with Crippen LogP contribution in [0.25, 0.3) is 11.3 Å². The van der Waals surface area contributed by atoms with Crippen LogP contribution in [-0.4, -0.2) is 52.8 Å². The maximum Gasteiger partial charge on any atom is 0.272 e. The summed E-state index contributed by atoms with van der Waals surface area (Å²) in [5.74, 6) is 0.819. The van der Waals surface area contributed by atoms with Gasteiger partial charge in [-0.1, -0.05) is 19.1 Å². The Balaban J connectivity index is 1.45. The minimum atomic E-state index is 0.0638. The lowest BCUT2D eigenvalue weighted by Crippen LogP contribution is -2.57. The smallest absolute Gasteiger partial charge is 0.272 e. The predicted octanol–water partition coefficient (Wildman–Crippen LogP) is 2.83. The number of piperidine rings is 1. The molecule has 1 aromatic heterocycles. The zero-order chi connectivity index (χ0) is 18.6. The molecule has 2 N–H and O–H groups in total. The van der Waals surface area contributed by atoms with Crippen LogP contribution < -0.4 is 10.1 Å². The van der Waals surface area contributed by atoms with Crippen LogP contribution >= 0.6 is 0 Å². The molecule has 1 saturated carbocycles. The van der Waals surface area contributed by atoms with Crippen molar-refractivity contribution in [2.75, 3.05) is 13.7 Å². The summed E-state index contributed by atoms with van der Waals surface area (Å²) in [5, 5.41) is 11.1. The van der Waals surface area contributed by atoms with Crippen molar-refractivity contribution < 1.29 is 9.53 Å². The van der Waals surface area contributed by atoms with Crippen molar-refractivity contribution in [3.05, 3.63) is 36.0 Å². The number of fused-ring (bicyclic) bond motifs is 1. The highest BCUT2D eigenvalue weighted by molar-refractivity contribution is 5.94. The Labute approximate surface area is 159 Å². The summed E-state index contributed by atoms with van der Waals surface area (Å²) in [5.41, 5.74) is 2.38. The van der Waals surface area contributed by atoms with Gasteiger partial charge < -0.3 is 15.0 Å². The van der Waals surface area contributed by atoms with Crippen LogP contribution in [0.4, 0.5) is 0 Å². The van der Waals surface area contributed by atoms with E-state index in [1.165, 1.54) is 19.3 Å². The largest absolute Gasteiger partial charge is 0.496 e. The average Bonchev–Trinajstić information content (AvgIpc) is 3.29. The number of nitrogens with one attached hydrogen (secondary N) is 2. The molecule has 1 aliphatic carbocycles. The molecule has 27 heavy (non-hydrogen) atoms. The van der Waals surface area contributed by atoms with Crippen LogP contribution in [0.2, 0.25) is 0 Å². The van der Waals surface area contributed by atoms with Crippen molar-refractivity contribution in [1.82, 2.24) is 20.4 Å². The second-order valence-electron chi connectivity index (χ2n) is 8.40. The maximum absolute atomic E-state index is 13.4. The number of hydrogen-bond donors (Lipinski definition) is 2. The van der Waals surface area contributed by atoms with Crippen molar-refractivity contribution in [2.24, 2.45) is 5.41 Å². The van der Waals surface area contributed by atoms with E-state index in [0.717, 1.165) is 30.0 Å². The molecule has 3 fully saturated rings. The van der Waals surface area contributed by atoms with Gasteiger partial charge in [0.15, 0.2) is 0 Å². The van der Waals surface area contributed by atoms with Gasteiger partial charge in [0, 0.05) is 35.6 Å². The Hall–Kier alpha value is -2.34. The molecule has 2 bridgehead atoms. The van der Waals surface area contributed by atoms with Gasteiger partial charge in [-0.3, -0.25) is 9.89 Å². The van der Waals surface area contributed by atoms with Crippen LogP contribution in [0, 0.1) is 5.41 Å². The third-order valence-electron chi connectivity index (χ3n) is 6.90. The van der Waals surface area contributed by atoms with Crippen molar-refractivity contribution in [3.8, 4) is 17.0 Å². The normalized spacial score (nSPS) is 31.8. The molecule has 2 aliphatic heterocycles. The first-order valence-corrected chi connectivity index (χ1v) is 9.86. The lowest BCUT2D eigenvalue weighted by Gasteiger charge is -2.50. The van der Waals surface area contributed by atoms with E-state index in [9.17, 15) is 4.79 Å². The third-order valence-corrected chi connectivity index (χ3v) is 6.90. The predicted molar refractivity (Wildman–Crippen MR) is 103 cm³/mol. The fourth-order valence-electron chi connectivity index (χ4n) is 5.63. The fourth-order valence-corrected chi connectivity index (χ4v) is 5.63. The second kappa shape index (κ2) is 6.09. The second-order valence-corrected chi connectivity index (χ2v) is 8.40. The molecule has 2 saturated heterocycles. The van der Waals surface area contributed by atoms with Gasteiger partial charge in [-0.25, -0.2) is 0 Å². The molecule has 6 heteroatoms.